The number of amidine groups is 1. The molecule has 0 aliphatic heterocycles. The molecular weight excluding hydrogens is 278 g/mol. The Hall–Kier alpha value is -1.11. The topological polar surface area (TPSA) is 105 Å². The van der Waals surface area contributed by atoms with Gasteiger partial charge in [-0.2, -0.15) is 0 Å². The average molecular weight is 305 g/mol. The fraction of sp³-hybridized carbons (Fsp3) is 0.846. The van der Waals surface area contributed by atoms with Crippen LogP contribution in [-0.2, 0) is 15.6 Å². The number of carbonyl (C=O) groups is 1. The van der Waals surface area contributed by atoms with Crippen molar-refractivity contribution in [3.05, 3.63) is 0 Å². The van der Waals surface area contributed by atoms with Crippen LogP contribution in [0.25, 0.3) is 0 Å². The normalized spacial score (nSPS) is 15.7. The summed E-state index contributed by atoms with van der Waals surface area (Å²) in [6.45, 7) is 6.02. The van der Waals surface area contributed by atoms with Gasteiger partial charge in [0.25, 0.3) is 0 Å². The molecule has 0 fully saturated rings. The van der Waals surface area contributed by atoms with Crippen molar-refractivity contribution in [3.63, 3.8) is 0 Å². The van der Waals surface area contributed by atoms with E-state index in [2.05, 4.69) is 10.5 Å². The highest BCUT2D eigenvalue weighted by Gasteiger charge is 2.41. The molecule has 0 aliphatic rings. The molecule has 7 heteroatoms. The maximum absolute atomic E-state index is 12.5. The van der Waals surface area contributed by atoms with Crippen molar-refractivity contribution in [3.8, 4) is 0 Å². The standard InChI is InChI=1S/C13H27N3O3S/c1-5-7-13(8-6-2,11(14)16-18)12(17)15-9-10(3)20(4)19/h10,18H,5-9H2,1-4H3,(H2,14,16)(H,15,17). The minimum Gasteiger partial charge on any atom is -0.409 e. The fourth-order valence-electron chi connectivity index (χ4n) is 2.20. The summed E-state index contributed by atoms with van der Waals surface area (Å²) in [4.78, 5) is 12.5. The van der Waals surface area contributed by atoms with Gasteiger partial charge in [-0.1, -0.05) is 31.8 Å². The van der Waals surface area contributed by atoms with Gasteiger partial charge < -0.3 is 16.3 Å². The first kappa shape index (κ1) is 18.9. The molecule has 2 atom stereocenters. The first-order valence-corrected chi connectivity index (χ1v) is 8.56. The van der Waals surface area contributed by atoms with E-state index in [4.69, 9.17) is 10.9 Å². The van der Waals surface area contributed by atoms with Crippen molar-refractivity contribution in [2.75, 3.05) is 12.8 Å². The zero-order chi connectivity index (χ0) is 15.8. The van der Waals surface area contributed by atoms with E-state index in [1.165, 1.54) is 0 Å². The number of oxime groups is 1. The van der Waals surface area contributed by atoms with Gasteiger partial charge in [0.15, 0.2) is 5.84 Å². The number of hydrogen-bond donors (Lipinski definition) is 3. The number of rotatable bonds is 9. The van der Waals surface area contributed by atoms with Crippen LogP contribution in [0.4, 0.5) is 0 Å². The van der Waals surface area contributed by atoms with Crippen molar-refractivity contribution in [1.82, 2.24) is 5.32 Å². The zero-order valence-corrected chi connectivity index (χ0v) is 13.6. The molecule has 0 aromatic carbocycles. The first-order chi connectivity index (χ1) is 9.35. The van der Waals surface area contributed by atoms with Crippen molar-refractivity contribution < 1.29 is 14.2 Å². The Labute approximate surface area is 123 Å². The van der Waals surface area contributed by atoms with Crippen molar-refractivity contribution in [2.45, 2.75) is 51.7 Å². The Bertz CT molecular complexity index is 366. The monoisotopic (exact) mass is 305 g/mol. The highest BCUT2D eigenvalue weighted by atomic mass is 32.2. The van der Waals surface area contributed by atoms with Crippen molar-refractivity contribution in [1.29, 1.82) is 0 Å². The molecule has 0 aliphatic carbocycles. The predicted molar refractivity (Wildman–Crippen MR) is 82.2 cm³/mol. The summed E-state index contributed by atoms with van der Waals surface area (Å²) in [6, 6.07) is 0. The second kappa shape index (κ2) is 8.94. The van der Waals surface area contributed by atoms with Gasteiger partial charge in [-0.3, -0.25) is 9.00 Å². The lowest BCUT2D eigenvalue weighted by Gasteiger charge is -2.31. The van der Waals surface area contributed by atoms with Crippen LogP contribution < -0.4 is 11.1 Å². The van der Waals surface area contributed by atoms with E-state index < -0.39 is 16.2 Å². The lowest BCUT2D eigenvalue weighted by molar-refractivity contribution is -0.128. The van der Waals surface area contributed by atoms with Gasteiger partial charge >= 0.3 is 0 Å². The maximum atomic E-state index is 12.5. The smallest absolute Gasteiger partial charge is 0.233 e. The van der Waals surface area contributed by atoms with Gasteiger partial charge in [0.2, 0.25) is 5.91 Å². The Morgan fingerprint density at radius 2 is 1.90 bits per heavy atom. The number of nitrogens with one attached hydrogen (secondary N) is 1. The van der Waals surface area contributed by atoms with Crippen molar-refractivity contribution in [2.24, 2.45) is 16.3 Å². The van der Waals surface area contributed by atoms with Crippen LogP contribution in [0.3, 0.4) is 0 Å². The van der Waals surface area contributed by atoms with E-state index in [1.54, 1.807) is 13.2 Å². The minimum absolute atomic E-state index is 0.0519. The summed E-state index contributed by atoms with van der Waals surface area (Å²) >= 11 is 0. The molecule has 0 radical (unpaired) electrons. The third kappa shape index (κ3) is 4.77. The Morgan fingerprint density at radius 1 is 1.40 bits per heavy atom. The number of amides is 1. The van der Waals surface area contributed by atoms with E-state index in [0.29, 0.717) is 19.4 Å². The van der Waals surface area contributed by atoms with E-state index >= 15 is 0 Å². The molecule has 0 bridgehead atoms. The van der Waals surface area contributed by atoms with E-state index in [-0.39, 0.29) is 17.0 Å². The van der Waals surface area contributed by atoms with Gasteiger partial charge in [-0.05, 0) is 19.8 Å². The molecule has 0 saturated carbocycles. The van der Waals surface area contributed by atoms with Gasteiger partial charge in [0.05, 0.1) is 0 Å². The molecule has 0 saturated heterocycles. The Morgan fingerprint density at radius 3 is 2.25 bits per heavy atom. The van der Waals surface area contributed by atoms with Crippen LogP contribution in [0.1, 0.15) is 46.5 Å². The minimum atomic E-state index is -0.999. The third-order valence-electron chi connectivity index (χ3n) is 3.50. The molecule has 2 unspecified atom stereocenters. The molecule has 20 heavy (non-hydrogen) atoms. The fourth-order valence-corrected chi connectivity index (χ4v) is 2.51. The van der Waals surface area contributed by atoms with Crippen molar-refractivity contribution >= 4 is 22.5 Å². The van der Waals surface area contributed by atoms with Gasteiger partial charge in [0, 0.05) is 28.9 Å². The van der Waals surface area contributed by atoms with Crippen LogP contribution in [-0.4, -0.2) is 39.2 Å². The predicted octanol–water partition coefficient (Wildman–Crippen LogP) is 1.20. The summed E-state index contributed by atoms with van der Waals surface area (Å²) in [7, 11) is -0.999. The molecule has 6 nitrogen and oxygen atoms in total. The van der Waals surface area contributed by atoms with Crippen LogP contribution in [0.5, 0.6) is 0 Å². The summed E-state index contributed by atoms with van der Waals surface area (Å²) in [6.07, 6.45) is 4.14. The third-order valence-corrected chi connectivity index (χ3v) is 4.80. The van der Waals surface area contributed by atoms with Crippen LogP contribution in [0, 0.1) is 5.41 Å². The largest absolute Gasteiger partial charge is 0.409 e. The van der Waals surface area contributed by atoms with Gasteiger partial charge in [0.1, 0.15) is 5.41 Å². The highest BCUT2D eigenvalue weighted by Crippen LogP contribution is 2.30. The number of carbonyl (C=O) groups excluding carboxylic acids is 1. The average Bonchev–Trinajstić information content (AvgIpc) is 2.42. The van der Waals surface area contributed by atoms with Crippen LogP contribution >= 0.6 is 0 Å². The molecule has 4 N–H and O–H groups in total. The number of hydrogen-bond acceptors (Lipinski definition) is 4. The molecule has 0 aromatic heterocycles. The molecule has 0 heterocycles. The van der Waals surface area contributed by atoms with E-state index in [0.717, 1.165) is 12.8 Å². The summed E-state index contributed by atoms with van der Waals surface area (Å²) in [5, 5.41) is 14.7. The quantitative estimate of drug-likeness (QED) is 0.258. The van der Waals surface area contributed by atoms with Crippen LogP contribution in [0.15, 0.2) is 5.16 Å². The SMILES string of the molecule is CCCC(CCC)(C(=O)NCC(C)S(C)=O)C(N)=NO. The van der Waals surface area contributed by atoms with E-state index in [9.17, 15) is 9.00 Å². The Kier molecular flexibility index (Phi) is 8.45. The van der Waals surface area contributed by atoms with Gasteiger partial charge in [-0.15, -0.1) is 0 Å². The van der Waals surface area contributed by atoms with Crippen LogP contribution in [0.2, 0.25) is 0 Å². The molecule has 0 spiro atoms. The molecule has 0 aromatic rings. The zero-order valence-electron chi connectivity index (χ0n) is 12.8. The second-order valence-electron chi connectivity index (χ2n) is 5.09. The Balaban J connectivity index is 5.10. The molecule has 118 valence electrons. The van der Waals surface area contributed by atoms with Gasteiger partial charge in [-0.25, -0.2) is 0 Å². The first-order valence-electron chi connectivity index (χ1n) is 6.94. The highest BCUT2D eigenvalue weighted by molar-refractivity contribution is 7.84. The lowest BCUT2D eigenvalue weighted by atomic mass is 9.77. The lowest BCUT2D eigenvalue weighted by Crippen LogP contribution is -2.51. The maximum Gasteiger partial charge on any atom is 0.233 e. The second-order valence-corrected chi connectivity index (χ2v) is 6.89. The molecular formula is C13H27N3O3S. The number of nitrogens with two attached hydrogens (primary N) is 1. The summed E-state index contributed by atoms with van der Waals surface area (Å²) in [5.41, 5.74) is 4.79. The van der Waals surface area contributed by atoms with E-state index in [1.807, 2.05) is 13.8 Å². The molecule has 0 rings (SSSR count). The number of nitrogens with zero attached hydrogens (tertiary/aromatic N) is 1. The summed E-state index contributed by atoms with van der Waals surface area (Å²) in [5.74, 6) is -0.308. The summed E-state index contributed by atoms with van der Waals surface area (Å²) < 4.78 is 11.3. The molecule has 1 amide bonds.